The number of carbonyl (C=O) groups excluding carboxylic acids is 1. The Morgan fingerprint density at radius 2 is 1.41 bits per heavy atom. The maximum absolute atomic E-state index is 12.1. The van der Waals surface area contributed by atoms with E-state index in [1.807, 2.05) is 97.1 Å². The molecule has 0 heterocycles. The van der Waals surface area contributed by atoms with Crippen molar-refractivity contribution in [3.05, 3.63) is 126 Å². The van der Waals surface area contributed by atoms with Gasteiger partial charge in [-0.15, -0.1) is 23.8 Å². The van der Waals surface area contributed by atoms with Crippen LogP contribution < -0.4 is 0 Å². The van der Waals surface area contributed by atoms with Crippen molar-refractivity contribution < 1.29 is 21.9 Å². The van der Waals surface area contributed by atoms with Crippen molar-refractivity contribution in [2.45, 2.75) is 0 Å². The maximum atomic E-state index is 12.1. The van der Waals surface area contributed by atoms with E-state index in [9.17, 15) is 4.79 Å². The van der Waals surface area contributed by atoms with E-state index in [2.05, 4.69) is 18.2 Å². The summed E-state index contributed by atoms with van der Waals surface area (Å²) in [6.07, 6.45) is 3.52. The third-order valence-electron chi connectivity index (χ3n) is 3.96. The summed E-state index contributed by atoms with van der Waals surface area (Å²) in [5.74, 6) is 0.0212. The van der Waals surface area contributed by atoms with E-state index in [0.717, 1.165) is 11.1 Å². The Labute approximate surface area is 171 Å². The van der Waals surface area contributed by atoms with Crippen molar-refractivity contribution in [2.24, 2.45) is 0 Å². The largest absolute Gasteiger partial charge is 2.00 e. The first-order valence-corrected chi connectivity index (χ1v) is 8.60. The molecule has 4 rings (SSSR count). The molecule has 0 radical (unpaired) electrons. The van der Waals surface area contributed by atoms with Crippen LogP contribution in [0.4, 0.5) is 0 Å². The van der Waals surface area contributed by atoms with Gasteiger partial charge >= 0.3 is 17.1 Å². The van der Waals surface area contributed by atoms with Gasteiger partial charge in [0.2, 0.25) is 0 Å². The standard InChI is InChI=1S/C20H15O.C5H5.Fe/c21-20(18-11-2-1-3-12-18)15-14-17-10-6-7-13-19(17)16-8-4-5-9-16;1-2-4-5-3-1;/h1-15H;1-5H;/q2*-1;+2. The van der Waals surface area contributed by atoms with Crippen LogP contribution in [0.5, 0.6) is 0 Å². The Morgan fingerprint density at radius 1 is 0.778 bits per heavy atom. The first-order valence-electron chi connectivity index (χ1n) is 8.60. The summed E-state index contributed by atoms with van der Waals surface area (Å²) in [6.45, 7) is 0. The van der Waals surface area contributed by atoms with Gasteiger partial charge in [0, 0.05) is 5.56 Å². The van der Waals surface area contributed by atoms with Crippen LogP contribution in [0.2, 0.25) is 0 Å². The summed E-state index contributed by atoms with van der Waals surface area (Å²) in [5, 5.41) is 0. The van der Waals surface area contributed by atoms with Gasteiger partial charge < -0.3 is 0 Å². The van der Waals surface area contributed by atoms with E-state index in [0.29, 0.717) is 5.56 Å². The summed E-state index contributed by atoms with van der Waals surface area (Å²) in [4.78, 5) is 12.1. The Kier molecular flexibility index (Phi) is 8.25. The number of ketones is 1. The van der Waals surface area contributed by atoms with E-state index >= 15 is 0 Å². The second-order valence-corrected chi connectivity index (χ2v) is 5.79. The normalized spacial score (nSPS) is 9.93. The van der Waals surface area contributed by atoms with Crippen LogP contribution in [0.3, 0.4) is 0 Å². The monoisotopic (exact) mass is 392 g/mol. The molecule has 0 spiro atoms. The molecule has 0 unspecified atom stereocenters. The molecule has 4 aromatic carbocycles. The fraction of sp³-hybridized carbons (Fsp3) is 0. The van der Waals surface area contributed by atoms with Crippen LogP contribution in [0.15, 0.2) is 115 Å². The molecule has 0 atom stereocenters. The molecule has 1 nitrogen and oxygen atoms in total. The third-order valence-corrected chi connectivity index (χ3v) is 3.96. The fourth-order valence-electron chi connectivity index (χ4n) is 2.64. The van der Waals surface area contributed by atoms with Gasteiger partial charge in [0.15, 0.2) is 5.78 Å². The SMILES string of the molecule is O=C(C=Cc1ccccc1-[c-]1cccc1)c1ccccc1.[Fe+2].c1cc[cH-]c1. The summed E-state index contributed by atoms with van der Waals surface area (Å²) < 4.78 is 0. The molecule has 0 aliphatic rings. The molecule has 27 heavy (non-hydrogen) atoms. The number of rotatable bonds is 4. The molecule has 0 bridgehead atoms. The molecular weight excluding hydrogens is 372 g/mol. The number of carbonyl (C=O) groups is 1. The van der Waals surface area contributed by atoms with Gasteiger partial charge in [0.1, 0.15) is 0 Å². The minimum Gasteiger partial charge on any atom is -0.289 e. The Morgan fingerprint density at radius 3 is 2.04 bits per heavy atom. The first kappa shape index (κ1) is 20.4. The van der Waals surface area contributed by atoms with Crippen LogP contribution in [-0.4, -0.2) is 5.78 Å². The van der Waals surface area contributed by atoms with E-state index in [1.54, 1.807) is 6.08 Å². The molecule has 0 amide bonds. The smallest absolute Gasteiger partial charge is 0.289 e. The average Bonchev–Trinajstić information content (AvgIpc) is 3.43. The molecule has 0 saturated heterocycles. The molecule has 4 aromatic rings. The Hall–Kier alpha value is -2.93. The zero-order valence-electron chi connectivity index (χ0n) is 14.8. The van der Waals surface area contributed by atoms with Gasteiger partial charge in [-0.3, -0.25) is 4.79 Å². The van der Waals surface area contributed by atoms with Gasteiger partial charge in [0.25, 0.3) is 0 Å². The molecule has 0 saturated carbocycles. The zero-order chi connectivity index (χ0) is 18.0. The molecule has 2 heteroatoms. The molecular formula is C25H20FeO. The molecule has 134 valence electrons. The second-order valence-electron chi connectivity index (χ2n) is 5.79. The van der Waals surface area contributed by atoms with Crippen molar-refractivity contribution in [3.8, 4) is 11.1 Å². The summed E-state index contributed by atoms with van der Waals surface area (Å²) in [5.41, 5.74) is 4.06. The predicted molar refractivity (Wildman–Crippen MR) is 109 cm³/mol. The fourth-order valence-corrected chi connectivity index (χ4v) is 2.64. The van der Waals surface area contributed by atoms with Crippen LogP contribution in [0.25, 0.3) is 17.2 Å². The Bertz CT molecular complexity index is 916. The van der Waals surface area contributed by atoms with E-state index in [4.69, 9.17) is 0 Å². The van der Waals surface area contributed by atoms with Gasteiger partial charge in [-0.05, 0) is 6.08 Å². The number of hydrogen-bond acceptors (Lipinski definition) is 1. The van der Waals surface area contributed by atoms with Crippen LogP contribution in [0, 0.1) is 0 Å². The van der Waals surface area contributed by atoms with Crippen LogP contribution >= 0.6 is 0 Å². The van der Waals surface area contributed by atoms with Crippen molar-refractivity contribution in [1.82, 2.24) is 0 Å². The summed E-state index contributed by atoms with van der Waals surface area (Å²) in [7, 11) is 0. The number of benzene rings is 2. The molecule has 0 aromatic heterocycles. The molecule has 0 N–H and O–H groups in total. The van der Waals surface area contributed by atoms with Gasteiger partial charge in [-0.2, -0.15) is 30.3 Å². The quantitative estimate of drug-likeness (QED) is 0.171. The van der Waals surface area contributed by atoms with E-state index in [-0.39, 0.29) is 22.9 Å². The Balaban J connectivity index is 0.000000379. The number of allylic oxidation sites excluding steroid dienone is 1. The minimum absolute atomic E-state index is 0. The van der Waals surface area contributed by atoms with Crippen LogP contribution in [0.1, 0.15) is 15.9 Å². The second kappa shape index (κ2) is 10.9. The third kappa shape index (κ3) is 6.07. The van der Waals surface area contributed by atoms with Crippen molar-refractivity contribution >= 4 is 11.9 Å². The molecule has 0 aliphatic carbocycles. The zero-order valence-corrected chi connectivity index (χ0v) is 15.9. The maximum Gasteiger partial charge on any atom is 2.00 e. The van der Waals surface area contributed by atoms with E-state index < -0.39 is 0 Å². The van der Waals surface area contributed by atoms with Crippen molar-refractivity contribution in [1.29, 1.82) is 0 Å². The number of hydrogen-bond donors (Lipinski definition) is 0. The molecule has 0 aliphatic heterocycles. The molecule has 0 fully saturated rings. The van der Waals surface area contributed by atoms with E-state index in [1.165, 1.54) is 5.56 Å². The topological polar surface area (TPSA) is 17.1 Å². The summed E-state index contributed by atoms with van der Waals surface area (Å²) >= 11 is 0. The predicted octanol–water partition coefficient (Wildman–Crippen LogP) is 6.37. The van der Waals surface area contributed by atoms with Crippen molar-refractivity contribution in [3.63, 3.8) is 0 Å². The van der Waals surface area contributed by atoms with Crippen molar-refractivity contribution in [2.75, 3.05) is 0 Å². The minimum atomic E-state index is 0. The van der Waals surface area contributed by atoms with Crippen LogP contribution in [-0.2, 0) is 17.1 Å². The van der Waals surface area contributed by atoms with Gasteiger partial charge in [-0.1, -0.05) is 65.7 Å². The first-order chi connectivity index (χ1) is 12.8. The average molecular weight is 392 g/mol. The van der Waals surface area contributed by atoms with Gasteiger partial charge in [-0.25, -0.2) is 12.1 Å². The van der Waals surface area contributed by atoms with Gasteiger partial charge in [0.05, 0.1) is 0 Å². The summed E-state index contributed by atoms with van der Waals surface area (Å²) in [6, 6.07) is 35.6.